The van der Waals surface area contributed by atoms with Gasteiger partial charge in [0, 0.05) is 13.1 Å². The maximum Gasteiger partial charge on any atom is 0.408 e. The second-order valence-corrected chi connectivity index (χ2v) is 8.46. The molecule has 3 amide bonds. The molecule has 0 unspecified atom stereocenters. The van der Waals surface area contributed by atoms with Crippen LogP contribution in [0.15, 0.2) is 42.5 Å². The second kappa shape index (κ2) is 11.0. The Morgan fingerprint density at radius 1 is 0.871 bits per heavy atom. The molecule has 0 aliphatic carbocycles. The average Bonchev–Trinajstić information content (AvgIpc) is 2.68. The Kier molecular flexibility index (Phi) is 8.71. The molecule has 0 heterocycles. The summed E-state index contributed by atoms with van der Waals surface area (Å²) < 4.78 is 5.04. The van der Waals surface area contributed by atoms with Gasteiger partial charge >= 0.3 is 6.09 Å². The molecule has 0 saturated heterocycles. The summed E-state index contributed by atoms with van der Waals surface area (Å²) in [6.45, 7) is 5.26. The van der Waals surface area contributed by atoms with Crippen molar-refractivity contribution < 1.29 is 19.1 Å². The molecule has 3 N–H and O–H groups in total. The zero-order valence-corrected chi connectivity index (χ0v) is 19.1. The van der Waals surface area contributed by atoms with E-state index in [2.05, 4.69) is 16.0 Å². The first-order chi connectivity index (χ1) is 14.6. The molecule has 0 saturated carbocycles. The van der Waals surface area contributed by atoms with Gasteiger partial charge in [0.1, 0.15) is 5.60 Å². The molecule has 0 aliphatic rings. The minimum absolute atomic E-state index is 0.157. The zero-order chi connectivity index (χ0) is 23.0. The van der Waals surface area contributed by atoms with Gasteiger partial charge in [0.2, 0.25) is 5.91 Å². The first kappa shape index (κ1) is 24.5. The Hall–Kier alpha value is -2.77. The molecule has 2 rings (SSSR count). The molecular formula is C22H25Cl2N3O4. The van der Waals surface area contributed by atoms with Gasteiger partial charge in [-0.05, 0) is 44.0 Å². The first-order valence-electron chi connectivity index (χ1n) is 9.63. The van der Waals surface area contributed by atoms with E-state index in [0.29, 0.717) is 0 Å². The zero-order valence-electron chi connectivity index (χ0n) is 17.6. The van der Waals surface area contributed by atoms with Gasteiger partial charge in [-0.15, -0.1) is 0 Å². The fourth-order valence-electron chi connectivity index (χ4n) is 2.58. The van der Waals surface area contributed by atoms with E-state index in [1.807, 2.05) is 30.3 Å². The molecule has 0 aromatic heterocycles. The van der Waals surface area contributed by atoms with Crippen molar-refractivity contribution in [3.05, 3.63) is 58.1 Å². The summed E-state index contributed by atoms with van der Waals surface area (Å²) >= 11 is 12.6. The van der Waals surface area contributed by atoms with Crippen molar-refractivity contribution >= 4 is 41.1 Å². The van der Waals surface area contributed by atoms with Crippen molar-refractivity contribution in [2.75, 3.05) is 19.6 Å². The Morgan fingerprint density at radius 3 is 2.03 bits per heavy atom. The van der Waals surface area contributed by atoms with Gasteiger partial charge in [0.15, 0.2) is 0 Å². The summed E-state index contributed by atoms with van der Waals surface area (Å²) in [6, 6.07) is 12.9. The number of carbonyl (C=O) groups is 3. The van der Waals surface area contributed by atoms with Crippen LogP contribution in [0.2, 0.25) is 10.0 Å². The number of nitrogens with one attached hydrogen (secondary N) is 3. The number of ether oxygens (including phenoxy) is 1. The second-order valence-electron chi connectivity index (χ2n) is 7.64. The van der Waals surface area contributed by atoms with E-state index in [9.17, 15) is 14.4 Å². The smallest absolute Gasteiger partial charge is 0.408 e. The Labute approximate surface area is 191 Å². The first-order valence-corrected chi connectivity index (χ1v) is 10.4. The van der Waals surface area contributed by atoms with Crippen molar-refractivity contribution in [3.8, 4) is 11.1 Å². The summed E-state index contributed by atoms with van der Waals surface area (Å²) in [6.07, 6.45) is -0.681. The van der Waals surface area contributed by atoms with Crippen LogP contribution in [0.25, 0.3) is 11.1 Å². The molecule has 0 fully saturated rings. The van der Waals surface area contributed by atoms with Gasteiger partial charge in [-0.2, -0.15) is 0 Å². The Morgan fingerprint density at radius 2 is 1.45 bits per heavy atom. The number of rotatable bonds is 7. The number of amides is 3. The molecule has 0 aliphatic heterocycles. The lowest BCUT2D eigenvalue weighted by molar-refractivity contribution is -0.120. The van der Waals surface area contributed by atoms with Crippen molar-refractivity contribution in [2.45, 2.75) is 26.4 Å². The number of benzene rings is 2. The molecule has 0 atom stereocenters. The Balaban J connectivity index is 1.81. The predicted octanol–water partition coefficient (Wildman–Crippen LogP) is 4.03. The van der Waals surface area contributed by atoms with E-state index in [1.54, 1.807) is 32.9 Å². The molecule has 166 valence electrons. The monoisotopic (exact) mass is 465 g/mol. The molecule has 31 heavy (non-hydrogen) atoms. The molecule has 0 bridgehead atoms. The third kappa shape index (κ3) is 8.11. The van der Waals surface area contributed by atoms with E-state index in [0.717, 1.165) is 11.1 Å². The minimum Gasteiger partial charge on any atom is -0.444 e. The molecule has 2 aromatic carbocycles. The maximum atomic E-state index is 12.5. The molecule has 0 spiro atoms. The van der Waals surface area contributed by atoms with Crippen LogP contribution >= 0.6 is 23.2 Å². The number of carbonyl (C=O) groups excluding carboxylic acids is 3. The van der Waals surface area contributed by atoms with E-state index in [-0.39, 0.29) is 35.2 Å². The van der Waals surface area contributed by atoms with Crippen molar-refractivity contribution in [3.63, 3.8) is 0 Å². The minimum atomic E-state index is -0.681. The maximum absolute atomic E-state index is 12.5. The van der Waals surface area contributed by atoms with Crippen molar-refractivity contribution in [1.29, 1.82) is 0 Å². The van der Waals surface area contributed by atoms with Crippen LogP contribution < -0.4 is 16.0 Å². The van der Waals surface area contributed by atoms with E-state index < -0.39 is 23.5 Å². The summed E-state index contributed by atoms with van der Waals surface area (Å²) in [5.41, 5.74) is 1.26. The van der Waals surface area contributed by atoms with Crippen LogP contribution in [0.4, 0.5) is 4.79 Å². The molecule has 9 heteroatoms. The average molecular weight is 466 g/mol. The lowest BCUT2D eigenvalue weighted by atomic mass is 10.0. The summed E-state index contributed by atoms with van der Waals surface area (Å²) in [5.74, 6) is -0.862. The van der Waals surface area contributed by atoms with Crippen molar-refractivity contribution in [2.24, 2.45) is 0 Å². The van der Waals surface area contributed by atoms with Gasteiger partial charge < -0.3 is 20.7 Å². The van der Waals surface area contributed by atoms with Crippen LogP contribution in [0.5, 0.6) is 0 Å². The molecular weight excluding hydrogens is 441 g/mol. The van der Waals surface area contributed by atoms with Gasteiger partial charge in [0.25, 0.3) is 5.91 Å². The highest BCUT2D eigenvalue weighted by atomic mass is 35.5. The van der Waals surface area contributed by atoms with Gasteiger partial charge in [-0.3, -0.25) is 9.59 Å². The van der Waals surface area contributed by atoms with Crippen LogP contribution in [0.3, 0.4) is 0 Å². The number of hydrogen-bond donors (Lipinski definition) is 3. The number of hydrogen-bond acceptors (Lipinski definition) is 4. The highest BCUT2D eigenvalue weighted by molar-refractivity contribution is 6.40. The quantitative estimate of drug-likeness (QED) is 0.537. The van der Waals surface area contributed by atoms with Crippen LogP contribution in [-0.2, 0) is 9.53 Å². The molecule has 0 radical (unpaired) electrons. The van der Waals surface area contributed by atoms with E-state index >= 15 is 0 Å². The molecule has 2 aromatic rings. The third-order valence-electron chi connectivity index (χ3n) is 3.90. The largest absolute Gasteiger partial charge is 0.444 e. The van der Waals surface area contributed by atoms with E-state index in [4.69, 9.17) is 27.9 Å². The summed E-state index contributed by atoms with van der Waals surface area (Å²) in [5, 5.41) is 8.05. The van der Waals surface area contributed by atoms with Crippen LogP contribution in [-0.4, -0.2) is 43.1 Å². The fraction of sp³-hybridized carbons (Fsp3) is 0.318. The summed E-state index contributed by atoms with van der Waals surface area (Å²) in [4.78, 5) is 35.8. The number of halogens is 2. The summed E-state index contributed by atoms with van der Waals surface area (Å²) in [7, 11) is 0. The Bertz CT molecular complexity index is 921. The van der Waals surface area contributed by atoms with Gasteiger partial charge in [-0.25, -0.2) is 4.79 Å². The standard InChI is InChI=1S/C22H25Cl2N3O4/c1-22(2,3)31-21(30)27-13-18(28)25-9-10-26-20(29)19-16(23)11-15(12-17(19)24)14-7-5-4-6-8-14/h4-8,11-12H,9-10,13H2,1-3H3,(H,25,28)(H,26,29)(H,27,30). The highest BCUT2D eigenvalue weighted by Crippen LogP contribution is 2.31. The number of alkyl carbamates (subject to hydrolysis) is 1. The lowest BCUT2D eigenvalue weighted by Gasteiger charge is -2.19. The normalized spacial score (nSPS) is 10.9. The fourth-order valence-corrected chi connectivity index (χ4v) is 3.24. The van der Waals surface area contributed by atoms with Gasteiger partial charge in [0.05, 0.1) is 22.2 Å². The van der Waals surface area contributed by atoms with Crippen LogP contribution in [0.1, 0.15) is 31.1 Å². The SMILES string of the molecule is CC(C)(C)OC(=O)NCC(=O)NCCNC(=O)c1c(Cl)cc(-c2ccccc2)cc1Cl. The highest BCUT2D eigenvalue weighted by Gasteiger charge is 2.18. The van der Waals surface area contributed by atoms with Crippen LogP contribution in [0, 0.1) is 0 Å². The lowest BCUT2D eigenvalue weighted by Crippen LogP contribution is -2.42. The predicted molar refractivity (Wildman–Crippen MR) is 121 cm³/mol. The van der Waals surface area contributed by atoms with Gasteiger partial charge in [-0.1, -0.05) is 53.5 Å². The topological polar surface area (TPSA) is 96.5 Å². The molecule has 7 nitrogen and oxygen atoms in total. The van der Waals surface area contributed by atoms with E-state index in [1.165, 1.54) is 0 Å². The van der Waals surface area contributed by atoms with Crippen molar-refractivity contribution in [1.82, 2.24) is 16.0 Å². The third-order valence-corrected chi connectivity index (χ3v) is 4.50.